The Bertz CT molecular complexity index is 483. The van der Waals surface area contributed by atoms with Crippen LogP contribution >= 0.6 is 11.8 Å². The van der Waals surface area contributed by atoms with Crippen molar-refractivity contribution in [2.75, 3.05) is 10.7 Å². The van der Waals surface area contributed by atoms with Gasteiger partial charge >= 0.3 is 0 Å². The molecule has 0 bridgehead atoms. The summed E-state index contributed by atoms with van der Waals surface area (Å²) in [6.07, 6.45) is 0. The van der Waals surface area contributed by atoms with Gasteiger partial charge in [0.05, 0.1) is 11.4 Å². The van der Waals surface area contributed by atoms with E-state index in [9.17, 15) is 4.79 Å². The zero-order chi connectivity index (χ0) is 13.3. The van der Waals surface area contributed by atoms with Crippen LogP contribution in [0.15, 0.2) is 18.2 Å². The molecule has 0 radical (unpaired) electrons. The quantitative estimate of drug-likeness (QED) is 0.879. The monoisotopic (exact) mass is 263 g/mol. The van der Waals surface area contributed by atoms with Gasteiger partial charge in [-0.2, -0.15) is 0 Å². The molecule has 2 rings (SSSR count). The number of rotatable bonds is 3. The van der Waals surface area contributed by atoms with E-state index in [1.54, 1.807) is 0 Å². The van der Waals surface area contributed by atoms with Crippen molar-refractivity contribution < 1.29 is 4.79 Å². The van der Waals surface area contributed by atoms with Gasteiger partial charge in [0, 0.05) is 6.54 Å². The topological polar surface area (TPSA) is 70.2 Å². The lowest BCUT2D eigenvalue weighted by Crippen LogP contribution is -2.30. The number of hydrogen-bond donors (Lipinski definition) is 2. The normalized spacial score (nSPS) is 15.9. The van der Waals surface area contributed by atoms with Crippen LogP contribution in [0.1, 0.15) is 30.9 Å². The van der Waals surface area contributed by atoms with Gasteiger partial charge in [0.25, 0.3) is 0 Å². The SMILES string of the molecule is CC(C)c1ccc(CN)cc1N1C(=N)SCC1=O. The molecule has 4 nitrogen and oxygen atoms in total. The van der Waals surface area contributed by atoms with Gasteiger partial charge in [-0.05, 0) is 23.1 Å². The van der Waals surface area contributed by atoms with Gasteiger partial charge in [-0.1, -0.05) is 37.7 Å². The van der Waals surface area contributed by atoms with Crippen molar-refractivity contribution in [2.24, 2.45) is 5.73 Å². The average molecular weight is 263 g/mol. The minimum absolute atomic E-state index is 0.0268. The number of benzene rings is 1. The van der Waals surface area contributed by atoms with E-state index >= 15 is 0 Å². The number of amides is 1. The molecule has 1 aromatic rings. The largest absolute Gasteiger partial charge is 0.326 e. The second-order valence-corrected chi connectivity index (χ2v) is 5.54. The van der Waals surface area contributed by atoms with E-state index in [1.165, 1.54) is 16.7 Å². The number of thioether (sulfide) groups is 1. The van der Waals surface area contributed by atoms with Crippen LogP contribution in [0.4, 0.5) is 5.69 Å². The molecule has 1 saturated heterocycles. The van der Waals surface area contributed by atoms with Crippen LogP contribution in [-0.4, -0.2) is 16.8 Å². The molecule has 96 valence electrons. The maximum atomic E-state index is 11.9. The molecule has 0 aromatic heterocycles. The summed E-state index contributed by atoms with van der Waals surface area (Å²) in [5.41, 5.74) is 8.52. The van der Waals surface area contributed by atoms with Crippen molar-refractivity contribution >= 4 is 28.5 Å². The van der Waals surface area contributed by atoms with E-state index in [1.807, 2.05) is 18.2 Å². The summed E-state index contributed by atoms with van der Waals surface area (Å²) in [5.74, 6) is 0.627. The van der Waals surface area contributed by atoms with Crippen LogP contribution in [0.25, 0.3) is 0 Å². The van der Waals surface area contributed by atoms with Gasteiger partial charge in [0.1, 0.15) is 0 Å². The number of amidine groups is 1. The van der Waals surface area contributed by atoms with Crippen LogP contribution in [0, 0.1) is 5.41 Å². The van der Waals surface area contributed by atoms with E-state index in [2.05, 4.69) is 13.8 Å². The molecule has 0 unspecified atom stereocenters. The third kappa shape index (κ3) is 2.28. The van der Waals surface area contributed by atoms with Crippen molar-refractivity contribution in [3.05, 3.63) is 29.3 Å². The predicted molar refractivity (Wildman–Crippen MR) is 76.1 cm³/mol. The Morgan fingerprint density at radius 3 is 2.72 bits per heavy atom. The molecule has 0 spiro atoms. The van der Waals surface area contributed by atoms with Gasteiger partial charge in [-0.3, -0.25) is 15.1 Å². The van der Waals surface area contributed by atoms with Crippen molar-refractivity contribution in [1.29, 1.82) is 5.41 Å². The van der Waals surface area contributed by atoms with Crippen LogP contribution in [-0.2, 0) is 11.3 Å². The van der Waals surface area contributed by atoms with Gasteiger partial charge in [0.15, 0.2) is 5.17 Å². The van der Waals surface area contributed by atoms with Crippen LogP contribution in [0.2, 0.25) is 0 Å². The summed E-state index contributed by atoms with van der Waals surface area (Å²) in [4.78, 5) is 13.4. The Labute approximate surface area is 111 Å². The highest BCUT2D eigenvalue weighted by Gasteiger charge is 2.30. The number of nitrogens with zero attached hydrogens (tertiary/aromatic N) is 1. The third-order valence-electron chi connectivity index (χ3n) is 2.98. The first-order valence-electron chi connectivity index (χ1n) is 5.91. The molecule has 1 amide bonds. The molecular weight excluding hydrogens is 246 g/mol. The Morgan fingerprint density at radius 1 is 1.50 bits per heavy atom. The maximum absolute atomic E-state index is 11.9. The fraction of sp³-hybridized carbons (Fsp3) is 0.385. The number of nitrogens with two attached hydrogens (primary N) is 1. The predicted octanol–water partition coefficient (Wildman–Crippen LogP) is 2.28. The fourth-order valence-electron chi connectivity index (χ4n) is 2.01. The van der Waals surface area contributed by atoms with Gasteiger partial charge < -0.3 is 5.73 Å². The van der Waals surface area contributed by atoms with E-state index < -0.39 is 0 Å². The van der Waals surface area contributed by atoms with E-state index in [-0.39, 0.29) is 5.91 Å². The first kappa shape index (κ1) is 13.1. The zero-order valence-corrected chi connectivity index (χ0v) is 11.4. The first-order valence-corrected chi connectivity index (χ1v) is 6.90. The Balaban J connectivity index is 2.52. The second-order valence-electron chi connectivity index (χ2n) is 4.57. The maximum Gasteiger partial charge on any atom is 0.243 e. The smallest absolute Gasteiger partial charge is 0.243 e. The summed E-state index contributed by atoms with van der Waals surface area (Å²) in [6, 6.07) is 5.91. The first-order chi connectivity index (χ1) is 8.54. The van der Waals surface area contributed by atoms with Crippen molar-refractivity contribution in [2.45, 2.75) is 26.3 Å². The second kappa shape index (κ2) is 5.12. The van der Waals surface area contributed by atoms with E-state index in [4.69, 9.17) is 11.1 Å². The molecule has 5 heteroatoms. The standard InChI is InChI=1S/C13H17N3OS/c1-8(2)10-4-3-9(6-14)5-11(10)16-12(17)7-18-13(16)15/h3-5,8,15H,6-7,14H2,1-2H3. The van der Waals surface area contributed by atoms with Crippen LogP contribution < -0.4 is 10.6 Å². The van der Waals surface area contributed by atoms with E-state index in [0.717, 1.165) is 16.8 Å². The fourth-order valence-corrected chi connectivity index (χ4v) is 2.73. The molecule has 18 heavy (non-hydrogen) atoms. The van der Waals surface area contributed by atoms with Crippen molar-refractivity contribution in [1.82, 2.24) is 0 Å². The van der Waals surface area contributed by atoms with Crippen LogP contribution in [0.5, 0.6) is 0 Å². The van der Waals surface area contributed by atoms with Gasteiger partial charge in [-0.25, -0.2) is 0 Å². The number of carbonyl (C=O) groups is 1. The molecule has 1 heterocycles. The molecule has 1 fully saturated rings. The highest BCUT2D eigenvalue weighted by molar-refractivity contribution is 8.15. The zero-order valence-electron chi connectivity index (χ0n) is 10.6. The minimum atomic E-state index is -0.0268. The summed E-state index contributed by atoms with van der Waals surface area (Å²) >= 11 is 1.27. The lowest BCUT2D eigenvalue weighted by molar-refractivity contribution is -0.115. The lowest BCUT2D eigenvalue weighted by atomic mass is 9.98. The minimum Gasteiger partial charge on any atom is -0.326 e. The molecule has 1 aromatic carbocycles. The summed E-state index contributed by atoms with van der Waals surface area (Å²) in [6.45, 7) is 4.60. The summed E-state index contributed by atoms with van der Waals surface area (Å²) in [7, 11) is 0. The number of anilines is 1. The van der Waals surface area contributed by atoms with Gasteiger partial charge in [0.2, 0.25) is 5.91 Å². The summed E-state index contributed by atoms with van der Waals surface area (Å²) < 4.78 is 0. The molecule has 0 atom stereocenters. The average Bonchev–Trinajstić information content (AvgIpc) is 2.68. The molecule has 0 aliphatic carbocycles. The third-order valence-corrected chi connectivity index (χ3v) is 3.83. The Hall–Kier alpha value is -1.33. The molecular formula is C13H17N3OS. The highest BCUT2D eigenvalue weighted by Crippen LogP contribution is 2.33. The van der Waals surface area contributed by atoms with Crippen LogP contribution in [0.3, 0.4) is 0 Å². The molecule has 3 N–H and O–H groups in total. The lowest BCUT2D eigenvalue weighted by Gasteiger charge is -2.21. The van der Waals surface area contributed by atoms with Gasteiger partial charge in [-0.15, -0.1) is 0 Å². The Kier molecular flexibility index (Phi) is 3.73. The number of carbonyl (C=O) groups excluding carboxylic acids is 1. The Morgan fingerprint density at radius 2 is 2.22 bits per heavy atom. The summed E-state index contributed by atoms with van der Waals surface area (Å²) in [5, 5.41) is 8.18. The molecule has 0 saturated carbocycles. The van der Waals surface area contributed by atoms with E-state index in [0.29, 0.717) is 23.4 Å². The number of hydrogen-bond acceptors (Lipinski definition) is 4. The molecule has 1 aliphatic rings. The van der Waals surface area contributed by atoms with Crippen molar-refractivity contribution in [3.63, 3.8) is 0 Å². The number of nitrogens with one attached hydrogen (secondary N) is 1. The van der Waals surface area contributed by atoms with Crippen molar-refractivity contribution in [3.8, 4) is 0 Å². The molecule has 1 aliphatic heterocycles. The highest BCUT2D eigenvalue weighted by atomic mass is 32.2.